The van der Waals surface area contributed by atoms with Gasteiger partial charge in [-0.25, -0.2) is 0 Å². The molecule has 1 aliphatic heterocycles. The van der Waals surface area contributed by atoms with E-state index in [1.165, 1.54) is 0 Å². The monoisotopic (exact) mass is 245 g/mol. The highest BCUT2D eigenvalue weighted by Gasteiger charge is 2.21. The van der Waals surface area contributed by atoms with Crippen LogP contribution < -0.4 is 10.6 Å². The Morgan fingerprint density at radius 3 is 3.11 bits per heavy atom. The van der Waals surface area contributed by atoms with Gasteiger partial charge in [-0.2, -0.15) is 5.26 Å². The summed E-state index contributed by atoms with van der Waals surface area (Å²) in [6, 6.07) is 6.95. The van der Waals surface area contributed by atoms with Crippen LogP contribution in [0, 0.1) is 18.3 Å². The van der Waals surface area contributed by atoms with Crippen molar-refractivity contribution >= 4 is 11.6 Å². The minimum atomic E-state index is -0.330. The molecule has 1 saturated heterocycles. The lowest BCUT2D eigenvalue weighted by Crippen LogP contribution is -2.48. The van der Waals surface area contributed by atoms with Gasteiger partial charge in [0.05, 0.1) is 24.8 Å². The van der Waals surface area contributed by atoms with E-state index in [9.17, 15) is 4.79 Å². The fourth-order valence-corrected chi connectivity index (χ4v) is 1.78. The number of carbonyl (C=O) groups is 1. The van der Waals surface area contributed by atoms with Gasteiger partial charge < -0.3 is 15.4 Å². The first-order valence-electron chi connectivity index (χ1n) is 5.83. The summed E-state index contributed by atoms with van der Waals surface area (Å²) in [6.07, 6.45) is 0. The van der Waals surface area contributed by atoms with Crippen LogP contribution in [0.15, 0.2) is 18.2 Å². The molecule has 5 nitrogen and oxygen atoms in total. The van der Waals surface area contributed by atoms with Crippen molar-refractivity contribution in [3.8, 4) is 6.07 Å². The predicted octanol–water partition coefficient (Wildman–Crippen LogP) is 0.794. The number of rotatable bonds is 2. The topological polar surface area (TPSA) is 74.2 Å². The lowest BCUT2D eigenvalue weighted by Gasteiger charge is -2.23. The largest absolute Gasteiger partial charge is 0.378 e. The fourth-order valence-electron chi connectivity index (χ4n) is 1.78. The Morgan fingerprint density at radius 1 is 1.61 bits per heavy atom. The van der Waals surface area contributed by atoms with Crippen LogP contribution in [0.25, 0.3) is 0 Å². The number of nitrogens with one attached hydrogen (secondary N) is 2. The van der Waals surface area contributed by atoms with Gasteiger partial charge in [-0.15, -0.1) is 0 Å². The summed E-state index contributed by atoms with van der Waals surface area (Å²) in [4.78, 5) is 12.0. The van der Waals surface area contributed by atoms with Crippen LogP contribution in [0.5, 0.6) is 0 Å². The SMILES string of the molecule is Cc1ccc(C#N)cc1NC(=O)C1COCCN1. The molecule has 18 heavy (non-hydrogen) atoms. The predicted molar refractivity (Wildman–Crippen MR) is 67.1 cm³/mol. The summed E-state index contributed by atoms with van der Waals surface area (Å²) in [5, 5.41) is 14.7. The molecular weight excluding hydrogens is 230 g/mol. The van der Waals surface area contributed by atoms with Gasteiger partial charge in [0.2, 0.25) is 5.91 Å². The van der Waals surface area contributed by atoms with Crippen molar-refractivity contribution in [2.24, 2.45) is 0 Å². The Morgan fingerprint density at radius 2 is 2.44 bits per heavy atom. The van der Waals surface area contributed by atoms with Gasteiger partial charge in [0.15, 0.2) is 0 Å². The third kappa shape index (κ3) is 2.86. The van der Waals surface area contributed by atoms with E-state index in [1.807, 2.05) is 13.0 Å². The Labute approximate surface area is 106 Å². The first kappa shape index (κ1) is 12.6. The standard InChI is InChI=1S/C13H15N3O2/c1-9-2-3-10(7-14)6-11(9)16-13(17)12-8-18-5-4-15-12/h2-3,6,12,15H,4-5,8H2,1H3,(H,16,17). The van der Waals surface area contributed by atoms with Crippen molar-refractivity contribution in [1.82, 2.24) is 5.32 Å². The zero-order valence-corrected chi connectivity index (χ0v) is 10.2. The molecule has 0 aliphatic carbocycles. The van der Waals surface area contributed by atoms with Crippen LogP contribution in [0.2, 0.25) is 0 Å². The van der Waals surface area contributed by atoms with Crippen LogP contribution in [0.1, 0.15) is 11.1 Å². The number of nitriles is 1. The lowest BCUT2D eigenvalue weighted by molar-refractivity contribution is -0.120. The lowest BCUT2D eigenvalue weighted by atomic mass is 10.1. The zero-order valence-electron chi connectivity index (χ0n) is 10.2. The summed E-state index contributed by atoms with van der Waals surface area (Å²) in [5.41, 5.74) is 2.13. The van der Waals surface area contributed by atoms with Crippen molar-refractivity contribution in [3.63, 3.8) is 0 Å². The molecule has 2 rings (SSSR count). The molecule has 0 spiro atoms. The van der Waals surface area contributed by atoms with Crippen LogP contribution in [-0.4, -0.2) is 31.7 Å². The van der Waals surface area contributed by atoms with Crippen molar-refractivity contribution in [3.05, 3.63) is 29.3 Å². The second-order valence-electron chi connectivity index (χ2n) is 4.21. The van der Waals surface area contributed by atoms with E-state index in [2.05, 4.69) is 16.7 Å². The fraction of sp³-hybridized carbons (Fsp3) is 0.385. The molecule has 2 N–H and O–H groups in total. The summed E-state index contributed by atoms with van der Waals surface area (Å²) >= 11 is 0. The average Bonchev–Trinajstić information content (AvgIpc) is 2.42. The quantitative estimate of drug-likeness (QED) is 0.808. The van der Waals surface area contributed by atoms with Crippen molar-refractivity contribution < 1.29 is 9.53 Å². The molecule has 0 bridgehead atoms. The normalized spacial score (nSPS) is 19.0. The summed E-state index contributed by atoms with van der Waals surface area (Å²) in [7, 11) is 0. The van der Waals surface area contributed by atoms with Crippen LogP contribution in [-0.2, 0) is 9.53 Å². The molecule has 1 atom stereocenters. The number of morpholine rings is 1. The van der Waals surface area contributed by atoms with Crippen molar-refractivity contribution in [2.45, 2.75) is 13.0 Å². The molecule has 1 aromatic carbocycles. The first-order chi connectivity index (χ1) is 8.70. The molecule has 0 aromatic heterocycles. The number of hydrogen-bond donors (Lipinski definition) is 2. The Kier molecular flexibility index (Phi) is 3.92. The number of ether oxygens (including phenoxy) is 1. The van der Waals surface area contributed by atoms with Crippen LogP contribution >= 0.6 is 0 Å². The van der Waals surface area contributed by atoms with Gasteiger partial charge in [0, 0.05) is 12.2 Å². The number of nitrogens with zero attached hydrogens (tertiary/aromatic N) is 1. The van der Waals surface area contributed by atoms with Crippen LogP contribution in [0.4, 0.5) is 5.69 Å². The molecule has 5 heteroatoms. The number of aryl methyl sites for hydroxylation is 1. The Balaban J connectivity index is 2.08. The third-order valence-electron chi connectivity index (χ3n) is 2.86. The molecule has 0 radical (unpaired) electrons. The number of benzene rings is 1. The summed E-state index contributed by atoms with van der Waals surface area (Å²) in [5.74, 6) is -0.132. The first-order valence-corrected chi connectivity index (χ1v) is 5.83. The van der Waals surface area contributed by atoms with Gasteiger partial charge in [0.25, 0.3) is 0 Å². The second kappa shape index (κ2) is 5.63. The van der Waals surface area contributed by atoms with Crippen molar-refractivity contribution in [1.29, 1.82) is 5.26 Å². The van der Waals surface area contributed by atoms with E-state index in [1.54, 1.807) is 12.1 Å². The summed E-state index contributed by atoms with van der Waals surface area (Å²) in [6.45, 7) is 3.58. The number of hydrogen-bond acceptors (Lipinski definition) is 4. The highest BCUT2D eigenvalue weighted by atomic mass is 16.5. The molecule has 94 valence electrons. The van der Waals surface area contributed by atoms with Gasteiger partial charge in [-0.1, -0.05) is 6.07 Å². The van der Waals surface area contributed by atoms with E-state index in [4.69, 9.17) is 10.00 Å². The maximum absolute atomic E-state index is 12.0. The molecule has 1 heterocycles. The highest BCUT2D eigenvalue weighted by Crippen LogP contribution is 2.16. The van der Waals surface area contributed by atoms with Gasteiger partial charge in [-0.05, 0) is 24.6 Å². The smallest absolute Gasteiger partial charge is 0.243 e. The third-order valence-corrected chi connectivity index (χ3v) is 2.86. The van der Waals surface area contributed by atoms with Gasteiger partial charge in [0.1, 0.15) is 6.04 Å². The van der Waals surface area contributed by atoms with E-state index < -0.39 is 0 Å². The van der Waals surface area contributed by atoms with E-state index in [0.717, 1.165) is 5.56 Å². The number of anilines is 1. The molecule has 1 aliphatic rings. The van der Waals surface area contributed by atoms with E-state index in [-0.39, 0.29) is 11.9 Å². The van der Waals surface area contributed by atoms with Crippen LogP contribution in [0.3, 0.4) is 0 Å². The number of carbonyl (C=O) groups excluding carboxylic acids is 1. The van der Waals surface area contributed by atoms with Crippen molar-refractivity contribution in [2.75, 3.05) is 25.1 Å². The number of amides is 1. The van der Waals surface area contributed by atoms with E-state index >= 15 is 0 Å². The maximum Gasteiger partial charge on any atom is 0.243 e. The molecule has 1 aromatic rings. The van der Waals surface area contributed by atoms with E-state index in [0.29, 0.717) is 31.0 Å². The molecule has 0 saturated carbocycles. The summed E-state index contributed by atoms with van der Waals surface area (Å²) < 4.78 is 5.24. The molecule has 1 fully saturated rings. The Hall–Kier alpha value is -1.90. The van der Waals surface area contributed by atoms with Gasteiger partial charge in [-0.3, -0.25) is 4.79 Å². The second-order valence-corrected chi connectivity index (χ2v) is 4.21. The maximum atomic E-state index is 12.0. The Bertz CT molecular complexity index is 487. The zero-order chi connectivity index (χ0) is 13.0. The van der Waals surface area contributed by atoms with Gasteiger partial charge >= 0.3 is 0 Å². The molecular formula is C13H15N3O2. The molecule has 1 amide bonds. The minimum absolute atomic E-state index is 0.132. The minimum Gasteiger partial charge on any atom is -0.378 e. The molecule has 1 unspecified atom stereocenters. The average molecular weight is 245 g/mol. The highest BCUT2D eigenvalue weighted by molar-refractivity contribution is 5.95.